The fourth-order valence-electron chi connectivity index (χ4n) is 3.32. The van der Waals surface area contributed by atoms with Gasteiger partial charge in [0.1, 0.15) is 17.4 Å². The van der Waals surface area contributed by atoms with Gasteiger partial charge in [-0.15, -0.1) is 37.2 Å². The molecule has 0 amide bonds. The van der Waals surface area contributed by atoms with Gasteiger partial charge in [0.25, 0.3) is 0 Å². The molecule has 1 aromatic heterocycles. The van der Waals surface area contributed by atoms with Crippen molar-refractivity contribution < 1.29 is 4.74 Å². The number of thioether (sulfide) groups is 1. The summed E-state index contributed by atoms with van der Waals surface area (Å²) >= 11 is 1.62. The standard InChI is InChI=1S/C20H30N6OS.3ClH/c1-27-17-7-3-2-6-15(17)14-16-18(21)24-20(25-19(16)22)28-13-5-4-10-26-11-8-23-9-12-26;;;/h2-3,6-7,23H,4-5,8-14H2,1H3,(H4,21,22,24,25);3*1H. The molecule has 2 aromatic rings. The van der Waals surface area contributed by atoms with Crippen LogP contribution in [0.3, 0.4) is 0 Å². The molecule has 1 aliphatic heterocycles. The minimum Gasteiger partial charge on any atom is -0.496 e. The van der Waals surface area contributed by atoms with Crippen LogP contribution in [0.15, 0.2) is 29.4 Å². The van der Waals surface area contributed by atoms with Crippen LogP contribution in [-0.2, 0) is 6.42 Å². The van der Waals surface area contributed by atoms with Crippen LogP contribution in [0.4, 0.5) is 11.6 Å². The third-order valence-electron chi connectivity index (χ3n) is 4.92. The lowest BCUT2D eigenvalue weighted by Gasteiger charge is -2.26. The van der Waals surface area contributed by atoms with Crippen molar-refractivity contribution in [2.75, 3.05) is 57.1 Å². The largest absolute Gasteiger partial charge is 0.496 e. The Labute approximate surface area is 207 Å². The molecule has 0 aliphatic carbocycles. The van der Waals surface area contributed by atoms with Crippen molar-refractivity contribution in [2.45, 2.75) is 24.4 Å². The second-order valence-corrected chi connectivity index (χ2v) is 7.95. The van der Waals surface area contributed by atoms with E-state index < -0.39 is 0 Å². The van der Waals surface area contributed by atoms with Crippen LogP contribution in [0, 0.1) is 0 Å². The van der Waals surface area contributed by atoms with E-state index in [0.717, 1.165) is 61.8 Å². The zero-order valence-electron chi connectivity index (χ0n) is 17.7. The number of benzene rings is 1. The van der Waals surface area contributed by atoms with Crippen molar-refractivity contribution in [1.82, 2.24) is 20.2 Å². The van der Waals surface area contributed by atoms with Crippen molar-refractivity contribution in [1.29, 1.82) is 0 Å². The molecule has 0 bridgehead atoms. The third-order valence-corrected chi connectivity index (χ3v) is 5.85. The Morgan fingerprint density at radius 2 is 1.68 bits per heavy atom. The maximum absolute atomic E-state index is 6.19. The molecule has 2 heterocycles. The summed E-state index contributed by atoms with van der Waals surface area (Å²) in [5.74, 6) is 2.67. The maximum atomic E-state index is 6.19. The van der Waals surface area contributed by atoms with Gasteiger partial charge in [-0.05, 0) is 31.0 Å². The van der Waals surface area contributed by atoms with Gasteiger partial charge < -0.3 is 26.4 Å². The van der Waals surface area contributed by atoms with Crippen LogP contribution in [-0.4, -0.2) is 60.5 Å². The Kier molecular flexibility index (Phi) is 15.0. The van der Waals surface area contributed by atoms with E-state index in [0.29, 0.717) is 23.2 Å². The molecule has 11 heteroatoms. The van der Waals surface area contributed by atoms with E-state index in [9.17, 15) is 0 Å². The van der Waals surface area contributed by atoms with E-state index in [1.54, 1.807) is 18.9 Å². The molecular weight excluding hydrogens is 479 g/mol. The number of halogens is 3. The molecule has 31 heavy (non-hydrogen) atoms. The van der Waals surface area contributed by atoms with E-state index in [1.165, 1.54) is 6.42 Å². The molecule has 0 atom stereocenters. The minimum atomic E-state index is 0. The quantitative estimate of drug-likeness (QED) is 0.268. The molecule has 0 unspecified atom stereocenters. The van der Waals surface area contributed by atoms with Gasteiger partial charge in [0.15, 0.2) is 5.16 Å². The summed E-state index contributed by atoms with van der Waals surface area (Å²) in [5, 5.41) is 4.04. The number of nitrogens with one attached hydrogen (secondary N) is 1. The van der Waals surface area contributed by atoms with Gasteiger partial charge in [0.2, 0.25) is 0 Å². The fraction of sp³-hybridized carbons (Fsp3) is 0.500. The lowest BCUT2D eigenvalue weighted by atomic mass is 10.1. The first-order valence-corrected chi connectivity index (χ1v) is 10.8. The Bertz CT molecular complexity index is 757. The molecule has 1 aromatic carbocycles. The maximum Gasteiger partial charge on any atom is 0.191 e. The summed E-state index contributed by atoms with van der Waals surface area (Å²) in [6.07, 6.45) is 2.86. The Morgan fingerprint density at radius 3 is 2.32 bits per heavy atom. The number of rotatable bonds is 9. The minimum absolute atomic E-state index is 0. The van der Waals surface area contributed by atoms with E-state index >= 15 is 0 Å². The van der Waals surface area contributed by atoms with E-state index in [2.05, 4.69) is 20.2 Å². The summed E-state index contributed by atoms with van der Waals surface area (Å²) in [7, 11) is 1.66. The number of aromatic nitrogens is 2. The number of nitrogens with two attached hydrogens (primary N) is 2. The zero-order valence-corrected chi connectivity index (χ0v) is 21.0. The van der Waals surface area contributed by atoms with Crippen molar-refractivity contribution in [2.24, 2.45) is 0 Å². The van der Waals surface area contributed by atoms with Gasteiger partial charge in [-0.25, -0.2) is 9.97 Å². The number of piperazine rings is 1. The van der Waals surface area contributed by atoms with Crippen LogP contribution in [0.5, 0.6) is 5.75 Å². The first-order valence-electron chi connectivity index (χ1n) is 9.77. The Hall–Kier alpha value is -1.16. The molecule has 176 valence electrons. The highest BCUT2D eigenvalue weighted by molar-refractivity contribution is 7.99. The lowest BCUT2D eigenvalue weighted by molar-refractivity contribution is 0.238. The highest BCUT2D eigenvalue weighted by Gasteiger charge is 2.14. The third kappa shape index (κ3) is 9.08. The van der Waals surface area contributed by atoms with Crippen LogP contribution < -0.4 is 21.5 Å². The number of methoxy groups -OCH3 is 1. The average molecular weight is 512 g/mol. The molecule has 0 spiro atoms. The van der Waals surface area contributed by atoms with E-state index in [1.807, 2.05) is 24.3 Å². The predicted molar refractivity (Wildman–Crippen MR) is 138 cm³/mol. The van der Waals surface area contributed by atoms with Gasteiger partial charge in [-0.1, -0.05) is 30.0 Å². The predicted octanol–water partition coefficient (Wildman–Crippen LogP) is 3.28. The summed E-state index contributed by atoms with van der Waals surface area (Å²) in [6.45, 7) is 5.66. The van der Waals surface area contributed by atoms with E-state index in [4.69, 9.17) is 16.2 Å². The fourth-order valence-corrected chi connectivity index (χ4v) is 4.17. The van der Waals surface area contributed by atoms with Crippen molar-refractivity contribution in [3.8, 4) is 5.75 Å². The molecule has 1 fully saturated rings. The topological polar surface area (TPSA) is 102 Å². The monoisotopic (exact) mass is 510 g/mol. The molecule has 5 N–H and O–H groups in total. The summed E-state index contributed by atoms with van der Waals surface area (Å²) in [4.78, 5) is 11.4. The molecular formula is C20H33Cl3N6OS. The van der Waals surface area contributed by atoms with Crippen molar-refractivity contribution in [3.63, 3.8) is 0 Å². The molecule has 0 saturated carbocycles. The number of anilines is 2. The number of hydrogen-bond donors (Lipinski definition) is 3. The summed E-state index contributed by atoms with van der Waals surface area (Å²) in [5.41, 5.74) is 14.2. The molecule has 1 saturated heterocycles. The normalized spacial score (nSPS) is 13.5. The van der Waals surface area contributed by atoms with Gasteiger partial charge in [0, 0.05) is 43.9 Å². The molecule has 1 aliphatic rings. The molecule has 0 radical (unpaired) electrons. The smallest absolute Gasteiger partial charge is 0.191 e. The highest BCUT2D eigenvalue weighted by Crippen LogP contribution is 2.27. The van der Waals surface area contributed by atoms with Crippen LogP contribution in [0.2, 0.25) is 0 Å². The Morgan fingerprint density at radius 1 is 1.03 bits per heavy atom. The SMILES string of the molecule is COc1ccccc1Cc1c(N)nc(SCCCCN2CCNCC2)nc1N.Cl.Cl.Cl. The second-order valence-electron chi connectivity index (χ2n) is 6.89. The first kappa shape index (κ1) is 29.8. The summed E-state index contributed by atoms with van der Waals surface area (Å²) < 4.78 is 5.41. The number of ether oxygens (including phenoxy) is 1. The van der Waals surface area contributed by atoms with Crippen LogP contribution >= 0.6 is 49.0 Å². The second kappa shape index (κ2) is 15.6. The zero-order chi connectivity index (χ0) is 19.8. The van der Waals surface area contributed by atoms with Gasteiger partial charge in [0.05, 0.1) is 7.11 Å². The number of unbranched alkanes of at least 4 members (excludes halogenated alkanes) is 1. The van der Waals surface area contributed by atoms with Gasteiger partial charge in [-0.2, -0.15) is 0 Å². The number of hydrogen-bond acceptors (Lipinski definition) is 8. The number of nitrogen functional groups attached to an aromatic ring is 2. The lowest BCUT2D eigenvalue weighted by Crippen LogP contribution is -2.43. The van der Waals surface area contributed by atoms with Crippen molar-refractivity contribution in [3.05, 3.63) is 35.4 Å². The Balaban J connectivity index is 0.00000300. The molecule has 3 rings (SSSR count). The number of para-hydroxylation sites is 1. The van der Waals surface area contributed by atoms with Crippen molar-refractivity contribution >= 4 is 60.6 Å². The first-order chi connectivity index (χ1) is 13.7. The highest BCUT2D eigenvalue weighted by atomic mass is 35.5. The number of nitrogens with zero attached hydrogens (tertiary/aromatic N) is 3. The summed E-state index contributed by atoms with van der Waals surface area (Å²) in [6, 6.07) is 7.83. The van der Waals surface area contributed by atoms with Gasteiger partial charge >= 0.3 is 0 Å². The van der Waals surface area contributed by atoms with Gasteiger partial charge in [-0.3, -0.25) is 0 Å². The van der Waals surface area contributed by atoms with Crippen LogP contribution in [0.1, 0.15) is 24.0 Å². The average Bonchev–Trinajstić information content (AvgIpc) is 2.71. The van der Waals surface area contributed by atoms with E-state index in [-0.39, 0.29) is 37.2 Å². The van der Waals surface area contributed by atoms with Crippen LogP contribution in [0.25, 0.3) is 0 Å². The molecule has 7 nitrogen and oxygen atoms in total.